The van der Waals surface area contributed by atoms with Gasteiger partial charge in [-0.15, -0.1) is 10.9 Å². The number of rotatable bonds is 2. The van der Waals surface area contributed by atoms with E-state index in [9.17, 15) is 20.1 Å². The molecule has 94 valence electrons. The number of benzene rings is 1. The van der Waals surface area contributed by atoms with Crippen molar-refractivity contribution >= 4 is 117 Å². The molecule has 0 radical (unpaired) electrons. The first-order chi connectivity index (χ1) is 5.61. The smallest absolute Gasteiger partial charge is 1.00 e. The minimum absolute atomic E-state index is 0. The van der Waals surface area contributed by atoms with Crippen molar-refractivity contribution in [2.24, 2.45) is 0 Å². The monoisotopic (exact) mass is 398 g/mol. The van der Waals surface area contributed by atoms with Crippen LogP contribution in [0, 0.1) is 0 Å². The van der Waals surface area contributed by atoms with E-state index in [2.05, 4.69) is 0 Å². The standard InChI is InChI=1S/C6H4B2O4.4ClH.4Mg/c9-7(10)5-1-2-6(4-3-5)8(11)12;;;;;;;;/h1-4H;4*1H;;;;/q-4;;;;;4*+2/p-4. The molecule has 0 aromatic heterocycles. The topological polar surface area (TPSA) is 92.2 Å². The van der Waals surface area contributed by atoms with E-state index in [0.29, 0.717) is 0 Å². The van der Waals surface area contributed by atoms with E-state index in [1.807, 2.05) is 0 Å². The van der Waals surface area contributed by atoms with E-state index in [1.165, 1.54) is 24.3 Å². The predicted octanol–water partition coefficient (Wildman–Crippen LogP) is -19.0. The third-order valence-electron chi connectivity index (χ3n) is 1.48. The summed E-state index contributed by atoms with van der Waals surface area (Å²) in [5, 5.41) is 41.2. The molecule has 0 unspecified atom stereocenters. The van der Waals surface area contributed by atoms with Crippen LogP contribution in [0.2, 0.25) is 0 Å². The van der Waals surface area contributed by atoms with Crippen molar-refractivity contribution in [2.75, 3.05) is 0 Å². The van der Waals surface area contributed by atoms with Gasteiger partial charge in [-0.2, -0.15) is 0 Å². The molecule has 0 saturated carbocycles. The van der Waals surface area contributed by atoms with Crippen LogP contribution < -0.4 is 80.6 Å². The van der Waals surface area contributed by atoms with Crippen molar-refractivity contribution in [3.8, 4) is 0 Å². The Labute approximate surface area is 208 Å². The van der Waals surface area contributed by atoms with Crippen LogP contribution >= 0.6 is 0 Å². The summed E-state index contributed by atoms with van der Waals surface area (Å²) in [6, 6.07) is 4.84. The summed E-state index contributed by atoms with van der Waals surface area (Å²) in [6.07, 6.45) is 0. The summed E-state index contributed by atoms with van der Waals surface area (Å²) in [7, 11) is -4.12. The fourth-order valence-electron chi connectivity index (χ4n) is 0.810. The molecule has 0 fully saturated rings. The van der Waals surface area contributed by atoms with Crippen LogP contribution in [0.5, 0.6) is 0 Å². The van der Waals surface area contributed by atoms with Crippen molar-refractivity contribution in [1.82, 2.24) is 0 Å². The third-order valence-corrected chi connectivity index (χ3v) is 1.48. The van der Waals surface area contributed by atoms with Gasteiger partial charge in [0.1, 0.15) is 0 Å². The normalized spacial score (nSPS) is 5.80. The zero-order valence-electron chi connectivity index (χ0n) is 10.4. The molecule has 4 nitrogen and oxygen atoms in total. The van der Waals surface area contributed by atoms with Crippen LogP contribution in [0.4, 0.5) is 0 Å². The van der Waals surface area contributed by atoms with Gasteiger partial charge in [0.25, 0.3) is 0 Å². The first-order valence-corrected chi connectivity index (χ1v) is 3.34. The summed E-state index contributed by atoms with van der Waals surface area (Å²) in [5.41, 5.74) is 0.0822. The summed E-state index contributed by atoms with van der Waals surface area (Å²) in [6.45, 7) is 0. The Kier molecular flexibility index (Phi) is 67.5. The average molecular weight is 401 g/mol. The maximum atomic E-state index is 10.3. The fourth-order valence-corrected chi connectivity index (χ4v) is 0.810. The number of hydrogen-bond acceptors (Lipinski definition) is 4. The van der Waals surface area contributed by atoms with Gasteiger partial charge < -0.3 is 69.7 Å². The SMILES string of the molecule is [Cl-].[Cl-].[Cl-].[Cl-].[Mg+2].[Mg+2].[Mg+2].[Mg+2].[O-]B([O-])c1ccc(B([O-])[O-])cc1. The maximum absolute atomic E-state index is 10.3. The molecule has 0 aliphatic rings. The minimum Gasteiger partial charge on any atom is -1.00 e. The zero-order chi connectivity index (χ0) is 9.14. The molecule has 0 aliphatic heterocycles. The number of halogens is 4. The summed E-state index contributed by atoms with van der Waals surface area (Å²) < 4.78 is 0. The summed E-state index contributed by atoms with van der Waals surface area (Å²) in [4.78, 5) is 0. The van der Waals surface area contributed by atoms with Crippen molar-refractivity contribution in [1.29, 1.82) is 0 Å². The molecule has 0 saturated heterocycles. The largest absolute Gasteiger partial charge is 2.00 e. The van der Waals surface area contributed by atoms with Crippen molar-refractivity contribution < 1.29 is 69.7 Å². The first kappa shape index (κ1) is 49.5. The van der Waals surface area contributed by atoms with Gasteiger partial charge in [-0.05, 0) is 0 Å². The Bertz CT molecular complexity index is 247. The molecule has 1 rings (SSSR count). The quantitative estimate of drug-likeness (QED) is 0.461. The molecule has 0 atom stereocenters. The van der Waals surface area contributed by atoms with Gasteiger partial charge in [0, 0.05) is 0 Å². The van der Waals surface area contributed by atoms with Crippen LogP contribution in [0.25, 0.3) is 0 Å². The van der Waals surface area contributed by atoms with Gasteiger partial charge in [0.15, 0.2) is 0 Å². The Morgan fingerprint density at radius 2 is 0.650 bits per heavy atom. The molecule has 0 heterocycles. The van der Waals surface area contributed by atoms with E-state index in [-0.39, 0.29) is 153 Å². The molecule has 14 heteroatoms. The summed E-state index contributed by atoms with van der Waals surface area (Å²) in [5.74, 6) is 0. The maximum Gasteiger partial charge on any atom is 2.00 e. The van der Waals surface area contributed by atoms with E-state index in [1.54, 1.807) is 0 Å². The van der Waals surface area contributed by atoms with Gasteiger partial charge in [-0.3, -0.25) is 0 Å². The molecule has 1 aromatic carbocycles. The van der Waals surface area contributed by atoms with E-state index in [4.69, 9.17) is 0 Å². The molecule has 20 heavy (non-hydrogen) atoms. The third kappa shape index (κ3) is 19.5. The predicted molar refractivity (Wildman–Crippen MR) is 60.2 cm³/mol. The van der Waals surface area contributed by atoms with Crippen LogP contribution in [-0.2, 0) is 0 Å². The Morgan fingerprint density at radius 3 is 0.750 bits per heavy atom. The van der Waals surface area contributed by atoms with Gasteiger partial charge in [-0.1, -0.05) is 38.5 Å². The second-order valence-corrected chi connectivity index (χ2v) is 2.33. The Morgan fingerprint density at radius 1 is 0.500 bits per heavy atom. The van der Waals surface area contributed by atoms with Gasteiger partial charge in [0.05, 0.1) is 0 Å². The van der Waals surface area contributed by atoms with Gasteiger partial charge in [-0.25, -0.2) is 0 Å². The first-order valence-electron chi connectivity index (χ1n) is 3.34. The molecule has 0 amide bonds. The number of hydrogen-bond donors (Lipinski definition) is 0. The van der Waals surface area contributed by atoms with Gasteiger partial charge in [0.2, 0.25) is 0 Å². The second kappa shape index (κ2) is 27.3. The molecular formula is C6H4B2Cl4Mg4O4. The van der Waals surface area contributed by atoms with Crippen LogP contribution in [-0.4, -0.2) is 106 Å². The van der Waals surface area contributed by atoms with Crippen molar-refractivity contribution in [2.45, 2.75) is 0 Å². The fraction of sp³-hybridized carbons (Fsp3) is 0. The summed E-state index contributed by atoms with van der Waals surface area (Å²) >= 11 is 0. The van der Waals surface area contributed by atoms with Crippen LogP contribution in [0.3, 0.4) is 0 Å². The Balaban J connectivity index is -0.0000000300. The molecule has 1 aromatic rings. The molecule has 0 bridgehead atoms. The molecule has 0 N–H and O–H groups in total. The van der Waals surface area contributed by atoms with Crippen molar-refractivity contribution in [3.63, 3.8) is 0 Å². The Hall–Kier alpha value is 3.41. The van der Waals surface area contributed by atoms with Crippen LogP contribution in [0.15, 0.2) is 24.3 Å². The van der Waals surface area contributed by atoms with E-state index in [0.717, 1.165) is 0 Å². The molecule has 0 aliphatic carbocycles. The van der Waals surface area contributed by atoms with Gasteiger partial charge >= 0.3 is 92.2 Å². The second-order valence-electron chi connectivity index (χ2n) is 2.33. The van der Waals surface area contributed by atoms with Crippen LogP contribution in [0.1, 0.15) is 0 Å². The van der Waals surface area contributed by atoms with E-state index >= 15 is 0 Å². The molecule has 0 spiro atoms. The average Bonchev–Trinajstić information content (AvgIpc) is 2.04. The molecular weight excluding hydrogens is 397 g/mol. The van der Waals surface area contributed by atoms with Crippen molar-refractivity contribution in [3.05, 3.63) is 24.3 Å². The zero-order valence-corrected chi connectivity index (χ0v) is 19.1. The minimum atomic E-state index is -2.06. The van der Waals surface area contributed by atoms with E-state index < -0.39 is 14.2 Å².